The summed E-state index contributed by atoms with van der Waals surface area (Å²) in [7, 11) is 1.96. The highest BCUT2D eigenvalue weighted by Crippen LogP contribution is 2.22. The highest BCUT2D eigenvalue weighted by atomic mass is 19.2. The Balaban J connectivity index is 2.56. The summed E-state index contributed by atoms with van der Waals surface area (Å²) in [5.74, 6) is -1.87. The molecule has 1 atom stereocenters. The maximum Gasteiger partial charge on any atom is 0.164 e. The smallest absolute Gasteiger partial charge is 0.164 e. The Morgan fingerprint density at radius 3 is 2.47 bits per heavy atom. The van der Waals surface area contributed by atoms with Crippen LogP contribution in [0.4, 0.5) is 8.78 Å². The second-order valence-corrected chi connectivity index (χ2v) is 6.25. The highest BCUT2D eigenvalue weighted by Gasteiger charge is 2.18. The molecule has 0 aliphatic heterocycles. The van der Waals surface area contributed by atoms with E-state index in [1.54, 1.807) is 0 Å². The maximum absolute atomic E-state index is 13.5. The zero-order valence-electron chi connectivity index (χ0n) is 12.1. The van der Waals surface area contributed by atoms with Crippen LogP contribution in [0.2, 0.25) is 0 Å². The molecule has 108 valence electrons. The third-order valence-corrected chi connectivity index (χ3v) is 2.87. The van der Waals surface area contributed by atoms with Crippen molar-refractivity contribution in [3.05, 3.63) is 35.4 Å². The van der Waals surface area contributed by atoms with Crippen LogP contribution in [0.25, 0.3) is 0 Å². The maximum atomic E-state index is 13.5. The van der Waals surface area contributed by atoms with Crippen molar-refractivity contribution >= 4 is 0 Å². The van der Waals surface area contributed by atoms with Crippen LogP contribution in [0.1, 0.15) is 38.9 Å². The Morgan fingerprint density at radius 1 is 1.26 bits per heavy atom. The first-order valence-electron chi connectivity index (χ1n) is 6.51. The normalized spacial score (nSPS) is 13.9. The van der Waals surface area contributed by atoms with Gasteiger partial charge in [0.25, 0.3) is 0 Å². The van der Waals surface area contributed by atoms with Crippen LogP contribution in [0.5, 0.6) is 0 Å². The number of halogens is 2. The van der Waals surface area contributed by atoms with Gasteiger partial charge in [-0.1, -0.05) is 32.9 Å². The Morgan fingerprint density at radius 2 is 1.89 bits per heavy atom. The summed E-state index contributed by atoms with van der Waals surface area (Å²) in [6.45, 7) is 7.91. The molecule has 0 aliphatic rings. The van der Waals surface area contributed by atoms with E-state index in [1.807, 2.05) is 7.05 Å². The van der Waals surface area contributed by atoms with Crippen molar-refractivity contribution in [2.45, 2.75) is 33.3 Å². The average Bonchev–Trinajstić information content (AvgIpc) is 2.27. The summed E-state index contributed by atoms with van der Waals surface area (Å²) < 4.78 is 26.6. The Kier molecular flexibility index (Phi) is 5.44. The molecule has 0 saturated carbocycles. The van der Waals surface area contributed by atoms with Gasteiger partial charge in [-0.3, -0.25) is 0 Å². The molecule has 0 heterocycles. The van der Waals surface area contributed by atoms with Gasteiger partial charge < -0.3 is 10.0 Å². The lowest BCUT2D eigenvalue weighted by Gasteiger charge is -2.27. The first-order chi connectivity index (χ1) is 8.70. The average molecular weight is 271 g/mol. The van der Waals surface area contributed by atoms with Gasteiger partial charge in [-0.05, 0) is 24.9 Å². The fourth-order valence-corrected chi connectivity index (χ4v) is 2.16. The topological polar surface area (TPSA) is 23.5 Å². The van der Waals surface area contributed by atoms with E-state index in [4.69, 9.17) is 0 Å². The molecule has 0 saturated heterocycles. The number of rotatable bonds is 5. The summed E-state index contributed by atoms with van der Waals surface area (Å²) in [5, 5.41) is 9.94. The van der Waals surface area contributed by atoms with Gasteiger partial charge in [0.15, 0.2) is 11.6 Å². The van der Waals surface area contributed by atoms with Crippen LogP contribution in [0, 0.1) is 17.0 Å². The number of aliphatic hydroxyl groups is 1. The molecule has 1 rings (SSSR count). The third kappa shape index (κ3) is 5.25. The standard InChI is InChI=1S/C15H23F2NO/c1-15(2,3)10-18(4)9-8-13(19)11-6-5-7-12(16)14(11)17/h5-7,13,19H,8-10H2,1-4H3. The third-order valence-electron chi connectivity index (χ3n) is 2.87. The van der Waals surface area contributed by atoms with Gasteiger partial charge in [0.1, 0.15) is 0 Å². The minimum Gasteiger partial charge on any atom is -0.388 e. The van der Waals surface area contributed by atoms with Crippen LogP contribution >= 0.6 is 0 Å². The molecule has 0 aliphatic carbocycles. The minimum atomic E-state index is -0.974. The van der Waals surface area contributed by atoms with Gasteiger partial charge in [-0.15, -0.1) is 0 Å². The predicted octanol–water partition coefficient (Wildman–Crippen LogP) is 3.37. The zero-order chi connectivity index (χ0) is 14.6. The van der Waals surface area contributed by atoms with Crippen molar-refractivity contribution < 1.29 is 13.9 Å². The highest BCUT2D eigenvalue weighted by molar-refractivity contribution is 5.21. The quantitative estimate of drug-likeness (QED) is 0.887. The minimum absolute atomic E-state index is 0.0316. The molecule has 0 bridgehead atoms. The van der Waals surface area contributed by atoms with Gasteiger partial charge in [-0.25, -0.2) is 8.78 Å². The van der Waals surface area contributed by atoms with Crippen LogP contribution in [0.15, 0.2) is 18.2 Å². The summed E-state index contributed by atoms with van der Waals surface area (Å²) in [6.07, 6.45) is -0.592. The SMILES string of the molecule is CN(CCC(O)c1cccc(F)c1F)CC(C)(C)C. The van der Waals surface area contributed by atoms with Gasteiger partial charge in [0, 0.05) is 18.7 Å². The first kappa shape index (κ1) is 16.1. The molecule has 1 unspecified atom stereocenters. The van der Waals surface area contributed by atoms with E-state index in [0.29, 0.717) is 13.0 Å². The molecule has 19 heavy (non-hydrogen) atoms. The molecule has 1 aromatic rings. The van der Waals surface area contributed by atoms with Gasteiger partial charge in [-0.2, -0.15) is 0 Å². The fraction of sp³-hybridized carbons (Fsp3) is 0.600. The van der Waals surface area contributed by atoms with Gasteiger partial charge >= 0.3 is 0 Å². The van der Waals surface area contributed by atoms with E-state index >= 15 is 0 Å². The second kappa shape index (κ2) is 6.44. The monoisotopic (exact) mass is 271 g/mol. The van der Waals surface area contributed by atoms with Crippen LogP contribution in [-0.2, 0) is 0 Å². The van der Waals surface area contributed by atoms with E-state index in [-0.39, 0.29) is 11.0 Å². The largest absolute Gasteiger partial charge is 0.388 e. The molecule has 2 nitrogen and oxygen atoms in total. The predicted molar refractivity (Wildman–Crippen MR) is 72.9 cm³/mol. The summed E-state index contributed by atoms with van der Waals surface area (Å²) in [6, 6.07) is 3.89. The van der Waals surface area contributed by atoms with Crippen molar-refractivity contribution in [2.24, 2.45) is 5.41 Å². The molecule has 0 fully saturated rings. The van der Waals surface area contributed by atoms with Crippen molar-refractivity contribution in [1.82, 2.24) is 4.90 Å². The molecule has 4 heteroatoms. The van der Waals surface area contributed by atoms with Crippen molar-refractivity contribution in [3.63, 3.8) is 0 Å². The van der Waals surface area contributed by atoms with Crippen molar-refractivity contribution in [2.75, 3.05) is 20.1 Å². The molecular formula is C15H23F2NO. The lowest BCUT2D eigenvalue weighted by molar-refractivity contribution is 0.133. The van der Waals surface area contributed by atoms with Crippen molar-refractivity contribution in [3.8, 4) is 0 Å². The molecule has 0 spiro atoms. The fourth-order valence-electron chi connectivity index (χ4n) is 2.16. The number of hydrogen-bond donors (Lipinski definition) is 1. The molecule has 0 aromatic heterocycles. The van der Waals surface area contributed by atoms with Gasteiger partial charge in [0.05, 0.1) is 6.10 Å². The zero-order valence-corrected chi connectivity index (χ0v) is 12.1. The summed E-state index contributed by atoms with van der Waals surface area (Å²) in [4.78, 5) is 2.08. The van der Waals surface area contributed by atoms with E-state index in [0.717, 1.165) is 12.6 Å². The molecule has 0 amide bonds. The number of aliphatic hydroxyl groups excluding tert-OH is 1. The number of nitrogens with zero attached hydrogens (tertiary/aromatic N) is 1. The number of benzene rings is 1. The second-order valence-electron chi connectivity index (χ2n) is 6.25. The van der Waals surface area contributed by atoms with Gasteiger partial charge in [0.2, 0.25) is 0 Å². The molecule has 0 radical (unpaired) electrons. The van der Waals surface area contributed by atoms with E-state index < -0.39 is 17.7 Å². The Bertz CT molecular complexity index is 415. The van der Waals surface area contributed by atoms with E-state index in [2.05, 4.69) is 25.7 Å². The Hall–Kier alpha value is -1.00. The lowest BCUT2D eigenvalue weighted by atomic mass is 9.96. The molecular weight excluding hydrogens is 248 g/mol. The first-order valence-corrected chi connectivity index (χ1v) is 6.51. The summed E-state index contributed by atoms with van der Waals surface area (Å²) in [5.41, 5.74) is 0.202. The van der Waals surface area contributed by atoms with Crippen LogP contribution < -0.4 is 0 Å². The molecule has 1 N–H and O–H groups in total. The van der Waals surface area contributed by atoms with Crippen LogP contribution in [0.3, 0.4) is 0 Å². The number of hydrogen-bond acceptors (Lipinski definition) is 2. The Labute approximate surface area is 114 Å². The van der Waals surface area contributed by atoms with Crippen LogP contribution in [-0.4, -0.2) is 30.1 Å². The van der Waals surface area contributed by atoms with E-state index in [9.17, 15) is 13.9 Å². The molecule has 1 aromatic carbocycles. The lowest BCUT2D eigenvalue weighted by Crippen LogP contribution is -2.30. The van der Waals surface area contributed by atoms with Crippen molar-refractivity contribution in [1.29, 1.82) is 0 Å². The summed E-state index contributed by atoms with van der Waals surface area (Å²) >= 11 is 0. The van der Waals surface area contributed by atoms with E-state index in [1.165, 1.54) is 12.1 Å².